The van der Waals surface area contributed by atoms with Crippen molar-refractivity contribution in [2.75, 3.05) is 19.8 Å². The minimum Gasteiger partial charge on any atom is -0.381 e. The van der Waals surface area contributed by atoms with Crippen molar-refractivity contribution in [1.29, 1.82) is 0 Å². The van der Waals surface area contributed by atoms with Crippen molar-refractivity contribution in [3.05, 3.63) is 0 Å². The van der Waals surface area contributed by atoms with Gasteiger partial charge in [0.1, 0.15) is 0 Å². The maximum atomic E-state index is 7.00. The van der Waals surface area contributed by atoms with Gasteiger partial charge in [0.05, 0.1) is 5.60 Å². The van der Waals surface area contributed by atoms with Crippen LogP contribution in [0, 0.1) is 17.3 Å². The first-order valence-electron chi connectivity index (χ1n) is 8.83. The van der Waals surface area contributed by atoms with E-state index in [0.29, 0.717) is 11.3 Å². The molecular formula is C18H33NO2. The molecule has 2 N–H and O–H groups in total. The summed E-state index contributed by atoms with van der Waals surface area (Å²) < 4.78 is 11.8. The number of rotatable bonds is 1. The molecular weight excluding hydrogens is 262 g/mol. The zero-order chi connectivity index (χ0) is 15.1. The van der Waals surface area contributed by atoms with E-state index in [1.54, 1.807) is 0 Å². The van der Waals surface area contributed by atoms with Crippen LogP contribution in [0.1, 0.15) is 65.7 Å². The molecule has 0 radical (unpaired) electrons. The van der Waals surface area contributed by atoms with Gasteiger partial charge in [-0.1, -0.05) is 20.8 Å². The van der Waals surface area contributed by atoms with E-state index in [1.165, 1.54) is 19.3 Å². The Morgan fingerprint density at radius 2 is 1.71 bits per heavy atom. The van der Waals surface area contributed by atoms with Crippen LogP contribution in [0.4, 0.5) is 0 Å². The minimum atomic E-state index is 0.0102. The highest BCUT2D eigenvalue weighted by molar-refractivity contribution is 5.04. The van der Waals surface area contributed by atoms with Gasteiger partial charge in [-0.15, -0.1) is 0 Å². The second-order valence-corrected chi connectivity index (χ2v) is 8.92. The number of ether oxygens (including phenoxy) is 2. The molecule has 2 aliphatic heterocycles. The summed E-state index contributed by atoms with van der Waals surface area (Å²) in [5.41, 5.74) is 7.46. The lowest BCUT2D eigenvalue weighted by Gasteiger charge is -2.54. The summed E-state index contributed by atoms with van der Waals surface area (Å²) in [5, 5.41) is 0. The highest BCUT2D eigenvalue weighted by Gasteiger charge is 2.49. The summed E-state index contributed by atoms with van der Waals surface area (Å²) in [6.45, 7) is 9.77. The minimum absolute atomic E-state index is 0.0102. The standard InChI is InChI=1S/C18H33NO2/c1-14-10-16(2,3)13-18(19,11-14)15-4-7-21-17(12-15)5-8-20-9-6-17/h14-15H,4-13,19H2,1-3H3. The van der Waals surface area contributed by atoms with Gasteiger partial charge in [0.2, 0.25) is 0 Å². The summed E-state index contributed by atoms with van der Waals surface area (Å²) in [6.07, 6.45) is 8.07. The van der Waals surface area contributed by atoms with Gasteiger partial charge in [0.25, 0.3) is 0 Å². The van der Waals surface area contributed by atoms with Gasteiger partial charge in [0, 0.05) is 25.4 Å². The Hall–Kier alpha value is -0.120. The molecule has 1 saturated carbocycles. The molecule has 3 atom stereocenters. The Morgan fingerprint density at radius 1 is 1.00 bits per heavy atom. The Kier molecular flexibility index (Phi) is 4.13. The fourth-order valence-corrected chi connectivity index (χ4v) is 5.62. The quantitative estimate of drug-likeness (QED) is 0.805. The third kappa shape index (κ3) is 3.30. The normalized spacial score (nSPS) is 42.9. The largest absolute Gasteiger partial charge is 0.381 e. The Balaban J connectivity index is 1.75. The van der Waals surface area contributed by atoms with Crippen molar-refractivity contribution in [3.63, 3.8) is 0 Å². The number of nitrogens with two attached hydrogens (primary N) is 1. The molecule has 3 aliphatic rings. The van der Waals surface area contributed by atoms with Crippen LogP contribution in [-0.4, -0.2) is 31.0 Å². The number of hydrogen-bond donors (Lipinski definition) is 1. The van der Waals surface area contributed by atoms with Crippen molar-refractivity contribution < 1.29 is 9.47 Å². The van der Waals surface area contributed by atoms with E-state index in [-0.39, 0.29) is 11.1 Å². The van der Waals surface area contributed by atoms with Crippen LogP contribution < -0.4 is 5.73 Å². The summed E-state index contributed by atoms with van der Waals surface area (Å²) in [4.78, 5) is 0. The molecule has 0 aromatic heterocycles. The van der Waals surface area contributed by atoms with E-state index < -0.39 is 0 Å². The molecule has 122 valence electrons. The predicted octanol–water partition coefficient (Wildman–Crippen LogP) is 3.51. The number of hydrogen-bond acceptors (Lipinski definition) is 3. The van der Waals surface area contributed by atoms with Crippen molar-refractivity contribution in [1.82, 2.24) is 0 Å². The third-order valence-corrected chi connectivity index (χ3v) is 6.15. The van der Waals surface area contributed by atoms with Crippen LogP contribution in [0.3, 0.4) is 0 Å². The zero-order valence-electron chi connectivity index (χ0n) is 14.1. The third-order valence-electron chi connectivity index (χ3n) is 6.15. The monoisotopic (exact) mass is 295 g/mol. The van der Waals surface area contributed by atoms with Gasteiger partial charge >= 0.3 is 0 Å². The Morgan fingerprint density at radius 3 is 2.38 bits per heavy atom. The van der Waals surface area contributed by atoms with Crippen molar-refractivity contribution in [2.45, 2.75) is 76.9 Å². The lowest BCUT2D eigenvalue weighted by atomic mass is 9.58. The first kappa shape index (κ1) is 15.8. The lowest BCUT2D eigenvalue weighted by Crippen LogP contribution is -2.58. The average Bonchev–Trinajstić information content (AvgIpc) is 2.37. The van der Waals surface area contributed by atoms with Crippen molar-refractivity contribution in [3.8, 4) is 0 Å². The predicted molar refractivity (Wildman–Crippen MR) is 85.2 cm³/mol. The van der Waals surface area contributed by atoms with E-state index in [1.807, 2.05) is 0 Å². The van der Waals surface area contributed by atoms with Gasteiger partial charge in [-0.05, 0) is 62.2 Å². The Bertz CT molecular complexity index is 370. The van der Waals surface area contributed by atoms with E-state index in [0.717, 1.165) is 51.4 Å². The first-order valence-corrected chi connectivity index (χ1v) is 8.83. The second-order valence-electron chi connectivity index (χ2n) is 8.92. The summed E-state index contributed by atoms with van der Waals surface area (Å²) in [6, 6.07) is 0. The van der Waals surface area contributed by atoms with E-state index in [4.69, 9.17) is 15.2 Å². The van der Waals surface area contributed by atoms with Gasteiger partial charge < -0.3 is 15.2 Å². The van der Waals surface area contributed by atoms with Crippen LogP contribution in [0.5, 0.6) is 0 Å². The smallest absolute Gasteiger partial charge is 0.0729 e. The fourth-order valence-electron chi connectivity index (χ4n) is 5.62. The molecule has 3 heteroatoms. The fraction of sp³-hybridized carbons (Fsp3) is 1.00. The highest BCUT2D eigenvalue weighted by Crippen LogP contribution is 2.50. The van der Waals surface area contributed by atoms with Gasteiger partial charge in [-0.25, -0.2) is 0 Å². The summed E-state index contributed by atoms with van der Waals surface area (Å²) in [5.74, 6) is 1.36. The summed E-state index contributed by atoms with van der Waals surface area (Å²) in [7, 11) is 0. The van der Waals surface area contributed by atoms with Crippen LogP contribution in [-0.2, 0) is 9.47 Å². The molecule has 0 bridgehead atoms. The summed E-state index contributed by atoms with van der Waals surface area (Å²) >= 11 is 0. The molecule has 2 saturated heterocycles. The van der Waals surface area contributed by atoms with Gasteiger partial charge in [0.15, 0.2) is 0 Å². The second kappa shape index (κ2) is 5.50. The van der Waals surface area contributed by atoms with Crippen LogP contribution in [0.15, 0.2) is 0 Å². The van der Waals surface area contributed by atoms with Crippen LogP contribution in [0.2, 0.25) is 0 Å². The molecule has 0 aromatic rings. The highest BCUT2D eigenvalue weighted by atomic mass is 16.5. The maximum Gasteiger partial charge on any atom is 0.0729 e. The molecule has 21 heavy (non-hydrogen) atoms. The van der Waals surface area contributed by atoms with Crippen molar-refractivity contribution in [2.24, 2.45) is 23.0 Å². The van der Waals surface area contributed by atoms with Crippen LogP contribution >= 0.6 is 0 Å². The zero-order valence-corrected chi connectivity index (χ0v) is 14.1. The Labute approximate surface area is 129 Å². The average molecular weight is 295 g/mol. The maximum absolute atomic E-state index is 7.00. The van der Waals surface area contributed by atoms with Crippen LogP contribution in [0.25, 0.3) is 0 Å². The van der Waals surface area contributed by atoms with E-state index >= 15 is 0 Å². The molecule has 1 aliphatic carbocycles. The SMILES string of the molecule is CC1CC(C)(C)CC(N)(C2CCOC3(CCOCC3)C2)C1. The molecule has 3 nitrogen and oxygen atoms in total. The van der Waals surface area contributed by atoms with Crippen molar-refractivity contribution >= 4 is 0 Å². The molecule has 3 rings (SSSR count). The van der Waals surface area contributed by atoms with E-state index in [2.05, 4.69) is 20.8 Å². The van der Waals surface area contributed by atoms with Gasteiger partial charge in [-0.2, -0.15) is 0 Å². The molecule has 3 fully saturated rings. The molecule has 0 amide bonds. The lowest BCUT2D eigenvalue weighted by molar-refractivity contribution is -0.159. The first-order chi connectivity index (χ1) is 9.83. The molecule has 0 aromatic carbocycles. The topological polar surface area (TPSA) is 44.5 Å². The molecule has 1 spiro atoms. The van der Waals surface area contributed by atoms with E-state index in [9.17, 15) is 0 Å². The van der Waals surface area contributed by atoms with Gasteiger partial charge in [-0.3, -0.25) is 0 Å². The molecule has 3 unspecified atom stereocenters. The molecule has 2 heterocycles.